The van der Waals surface area contributed by atoms with Crippen molar-refractivity contribution in [1.29, 1.82) is 0 Å². The van der Waals surface area contributed by atoms with Crippen LogP contribution < -0.4 is 18.3 Å². The summed E-state index contributed by atoms with van der Waals surface area (Å²) in [5.41, 5.74) is 0. The van der Waals surface area contributed by atoms with Gasteiger partial charge in [0.1, 0.15) is 49.6 Å². The van der Waals surface area contributed by atoms with Gasteiger partial charge in [0.25, 0.3) is 0 Å². The Bertz CT molecular complexity index is 1510. The Kier molecular flexibility index (Phi) is 92.6. The second kappa shape index (κ2) is 73.0. The molecule has 4 aromatic rings. The van der Waals surface area contributed by atoms with Gasteiger partial charge in [0.15, 0.2) is 0 Å². The van der Waals surface area contributed by atoms with E-state index in [2.05, 4.69) is 225 Å². The largest absolute Gasteiger partial charge is 3.00 e. The predicted octanol–water partition coefficient (Wildman–Crippen LogP) is 8.14. The van der Waals surface area contributed by atoms with Crippen LogP contribution in [0.5, 0.6) is 0 Å². The monoisotopic (exact) mass is 1120 g/mol. The van der Waals surface area contributed by atoms with Gasteiger partial charge in [-0.3, -0.25) is 0 Å². The molecule has 0 bridgehead atoms. The van der Waals surface area contributed by atoms with Gasteiger partial charge < -0.3 is 43.3 Å². The van der Waals surface area contributed by atoms with Gasteiger partial charge in [-0.2, -0.15) is 36.1 Å². The van der Waals surface area contributed by atoms with Crippen LogP contribution in [0.3, 0.4) is 0 Å². The number of hydrogen-bond acceptors (Lipinski definition) is 7. The summed E-state index contributed by atoms with van der Waals surface area (Å²) < 4.78 is 17.1. The normalized spacial score (nSPS) is 7.37. The topological polar surface area (TPSA) is 224 Å². The molecular formula is C39H63LaN15OS7+. The summed E-state index contributed by atoms with van der Waals surface area (Å²) in [6, 6.07) is 0. The zero-order valence-electron chi connectivity index (χ0n) is 37.6. The third kappa shape index (κ3) is 79.5. The maximum absolute atomic E-state index is 7.13. The van der Waals surface area contributed by atoms with Crippen LogP contribution in [-0.4, -0.2) is 54.4 Å². The minimum atomic E-state index is 0. The smallest absolute Gasteiger partial charge is 0.753 e. The number of hydrogen-bond donors (Lipinski definition) is 0. The summed E-state index contributed by atoms with van der Waals surface area (Å²) in [4.78, 5) is 0. The molecule has 0 unspecified atom stereocenters. The number of nitrogens with zero attached hydrogens (tertiary/aromatic N) is 15. The number of aromatic nitrogens is 8. The standard InChI is InChI=1S/4C8H15N2.7CNS.La.H2O/c4*1-3-4-5-10-7-6-9(2)8-10;7*2-1-3;;/h4*6-8H,3-5H2,1-2H3;;;;;;;;;1H2/q4*+1;7*-1;+3;/p+1. The van der Waals surface area contributed by atoms with E-state index in [1.54, 1.807) is 0 Å². The minimum absolute atomic E-state index is 0. The number of isothiocyanates is 7. The van der Waals surface area contributed by atoms with Crippen molar-refractivity contribution in [3.63, 3.8) is 0 Å². The average molecular weight is 1120 g/mol. The number of rotatable bonds is 12. The fourth-order valence-electron chi connectivity index (χ4n) is 3.90. The molecule has 0 atom stereocenters. The molecule has 63 heavy (non-hydrogen) atoms. The molecule has 4 rings (SSSR count). The van der Waals surface area contributed by atoms with E-state index in [1.165, 1.54) is 87.5 Å². The number of unbranched alkanes of at least 4 members (excludes halogenated alkanes) is 4. The van der Waals surface area contributed by atoms with Gasteiger partial charge in [0.05, 0.1) is 54.4 Å². The molecule has 0 aliphatic rings. The van der Waals surface area contributed by atoms with Crippen molar-refractivity contribution in [1.82, 2.24) is 18.3 Å². The van der Waals surface area contributed by atoms with Gasteiger partial charge in [-0.25, -0.2) is 36.5 Å². The summed E-state index contributed by atoms with van der Waals surface area (Å²) in [6.45, 7) is 13.4. The summed E-state index contributed by atoms with van der Waals surface area (Å²) >= 11 is 25.9. The second-order valence-electron chi connectivity index (χ2n) is 11.3. The Morgan fingerprint density at radius 2 is 0.492 bits per heavy atom. The molecule has 3 N–H and O–H groups in total. The van der Waals surface area contributed by atoms with Crippen LogP contribution in [0.4, 0.5) is 0 Å². The minimum Gasteiger partial charge on any atom is -0.753 e. The van der Waals surface area contributed by atoms with E-state index in [0.29, 0.717) is 0 Å². The first-order valence-corrected chi connectivity index (χ1v) is 21.2. The molecule has 344 valence electrons. The summed E-state index contributed by atoms with van der Waals surface area (Å²) in [6.07, 6.45) is 35.3. The first kappa shape index (κ1) is 79.9. The van der Waals surface area contributed by atoms with Crippen molar-refractivity contribution in [2.75, 3.05) is 0 Å². The van der Waals surface area contributed by atoms with E-state index in [1.807, 2.05) is 28.2 Å². The van der Waals surface area contributed by atoms with Gasteiger partial charge in [0, 0.05) is 0 Å². The molecule has 16 nitrogen and oxygen atoms in total. The van der Waals surface area contributed by atoms with Crippen LogP contribution in [0.25, 0.3) is 37.9 Å². The molecule has 24 heteroatoms. The molecule has 0 amide bonds. The molecule has 0 aliphatic carbocycles. The fourth-order valence-corrected chi connectivity index (χ4v) is 3.90. The third-order valence-electron chi connectivity index (χ3n) is 6.37. The van der Waals surface area contributed by atoms with Crippen LogP contribution >= 0.6 is 85.5 Å². The third-order valence-corrected chi connectivity index (χ3v) is 6.37. The molecule has 4 aromatic heterocycles. The van der Waals surface area contributed by atoms with Crippen LogP contribution in [0, 0.1) is 35.6 Å². The number of imidazole rings is 4. The van der Waals surface area contributed by atoms with E-state index in [9.17, 15) is 0 Å². The second-order valence-corrected chi connectivity index (χ2v) is 12.6. The van der Waals surface area contributed by atoms with Gasteiger partial charge in [0.2, 0.25) is 25.3 Å². The van der Waals surface area contributed by atoms with Gasteiger partial charge >= 0.3 is 35.6 Å². The summed E-state index contributed by atoms with van der Waals surface area (Å²) in [7, 11) is 8.18. The quantitative estimate of drug-likeness (QED) is 0.0585. The summed E-state index contributed by atoms with van der Waals surface area (Å²) in [5, 5.41) is 59.3. The molecule has 0 fully saturated rings. The molecule has 0 spiro atoms. The van der Waals surface area contributed by atoms with E-state index in [4.69, 9.17) is 37.9 Å². The Labute approximate surface area is 441 Å². The molecule has 0 aromatic carbocycles. The molecule has 0 radical (unpaired) electrons. The maximum Gasteiger partial charge on any atom is 3.00 e. The maximum atomic E-state index is 7.13. The van der Waals surface area contributed by atoms with Crippen molar-refractivity contribution in [3.05, 3.63) is 113 Å². The SMILES string of the molecule is CCCCn1cc[n+](C)c1.CCCCn1cc[n+](C)c1.CCCCn1cc[n+](C)c1.CCCCn1cc[n+](C)c1.[La+3].[N-]=C=S.[N-]=C=S.[N-]=C=S.[N-]=C=S.[N-]=C=S.[N-]=C=S.[N-]=C=S.[OH3+]. The first-order valence-electron chi connectivity index (χ1n) is 18.3. The van der Waals surface area contributed by atoms with Crippen LogP contribution in [0.15, 0.2) is 74.9 Å². The van der Waals surface area contributed by atoms with Crippen molar-refractivity contribution in [2.45, 2.75) is 105 Å². The van der Waals surface area contributed by atoms with Gasteiger partial charge in [-0.1, -0.05) is 139 Å². The Balaban J connectivity index is -0.0000000762. The molecule has 0 saturated heterocycles. The van der Waals surface area contributed by atoms with Gasteiger partial charge in [-0.15, -0.1) is 0 Å². The zero-order valence-corrected chi connectivity index (χ0v) is 47.0. The predicted molar refractivity (Wildman–Crippen MR) is 279 cm³/mol. The molecule has 0 aliphatic heterocycles. The molecule has 4 heterocycles. The van der Waals surface area contributed by atoms with Crippen molar-refractivity contribution >= 4 is 122 Å². The number of aryl methyl sites for hydroxylation is 8. The van der Waals surface area contributed by atoms with E-state index >= 15 is 0 Å². The Hall–Kier alpha value is -3.41. The van der Waals surface area contributed by atoms with Crippen molar-refractivity contribution in [3.8, 4) is 0 Å². The average Bonchev–Trinajstić information content (AvgIpc) is 4.04. The molecule has 0 saturated carbocycles. The zero-order chi connectivity index (χ0) is 48.5. The van der Waals surface area contributed by atoms with Crippen LogP contribution in [0.1, 0.15) is 79.1 Å². The van der Waals surface area contributed by atoms with Crippen molar-refractivity contribution in [2.24, 2.45) is 28.2 Å². The number of thiocarbonyl (C=S) groups is 7. The van der Waals surface area contributed by atoms with Crippen LogP contribution in [0.2, 0.25) is 0 Å². The van der Waals surface area contributed by atoms with Crippen molar-refractivity contribution < 1.29 is 59.3 Å². The Morgan fingerprint density at radius 3 is 0.571 bits per heavy atom. The van der Waals surface area contributed by atoms with Gasteiger partial charge in [-0.05, 0) is 25.7 Å². The Morgan fingerprint density at radius 1 is 0.365 bits per heavy atom. The first-order chi connectivity index (χ1) is 29.2. The van der Waals surface area contributed by atoms with E-state index in [-0.39, 0.29) is 41.1 Å². The summed E-state index contributed by atoms with van der Waals surface area (Å²) in [5.74, 6) is 0. The van der Waals surface area contributed by atoms with Crippen LogP contribution in [-0.2, 0) is 59.8 Å². The van der Waals surface area contributed by atoms with E-state index in [0.717, 1.165) is 26.2 Å². The van der Waals surface area contributed by atoms with E-state index < -0.39 is 0 Å². The fraction of sp³-hybridized carbons (Fsp3) is 0.513. The molecular weight excluding hydrogens is 1060 g/mol.